The summed E-state index contributed by atoms with van der Waals surface area (Å²) in [4.78, 5) is 10.2. The zero-order chi connectivity index (χ0) is 11.4. The molecule has 0 saturated heterocycles. The van der Waals surface area contributed by atoms with Crippen LogP contribution in [0.25, 0.3) is 0 Å². The number of hydrogen-bond acceptors (Lipinski definition) is 3. The number of hydrogen-bond donors (Lipinski definition) is 1. The van der Waals surface area contributed by atoms with Gasteiger partial charge >= 0.3 is 0 Å². The van der Waals surface area contributed by atoms with Gasteiger partial charge in [0.25, 0.3) is 5.69 Å². The first-order valence-corrected chi connectivity index (χ1v) is 4.29. The molecule has 77 valence electrons. The van der Waals surface area contributed by atoms with Gasteiger partial charge in [0.05, 0.1) is 11.5 Å². The van der Waals surface area contributed by atoms with E-state index in [0.717, 1.165) is 0 Å². The smallest absolute Gasteiger partial charge is 0.285 e. The lowest BCUT2D eigenvalue weighted by molar-refractivity contribution is -0.385. The molecule has 0 fully saturated rings. The molecule has 0 aliphatic heterocycles. The Morgan fingerprint density at radius 2 is 2.33 bits per heavy atom. The first kappa shape index (κ1) is 11.2. The minimum atomic E-state index is -0.524. The van der Waals surface area contributed by atoms with Gasteiger partial charge in [-0.05, 0) is 5.56 Å². The van der Waals surface area contributed by atoms with E-state index in [2.05, 4.69) is 5.92 Å². The van der Waals surface area contributed by atoms with Gasteiger partial charge in [0.1, 0.15) is 5.56 Å². The first-order valence-electron chi connectivity index (χ1n) is 4.29. The quantitative estimate of drug-likeness (QED) is 0.461. The third-order valence-electron chi connectivity index (χ3n) is 2.08. The highest BCUT2D eigenvalue weighted by Gasteiger charge is 2.18. The molecule has 0 atom stereocenters. The number of benzene rings is 1. The second-order valence-electron chi connectivity index (χ2n) is 3.04. The maximum Gasteiger partial charge on any atom is 0.285 e. The number of rotatable bonds is 3. The normalized spacial score (nSPS) is 10.0. The van der Waals surface area contributed by atoms with E-state index in [1.165, 1.54) is 6.07 Å². The van der Waals surface area contributed by atoms with Crippen LogP contribution in [0.2, 0.25) is 0 Å². The van der Waals surface area contributed by atoms with E-state index in [0.29, 0.717) is 11.5 Å². The van der Waals surface area contributed by atoms with Crippen LogP contribution in [0.15, 0.2) is 18.2 Å². The largest absolute Gasteiger partial charge is 0.395 e. The van der Waals surface area contributed by atoms with Crippen molar-refractivity contribution in [1.29, 1.82) is 0 Å². The summed E-state index contributed by atoms with van der Waals surface area (Å²) in [5, 5.41) is 19.6. The van der Waals surface area contributed by atoms with Crippen LogP contribution in [0, 0.1) is 28.4 Å². The molecular weight excluding hydrogens is 194 g/mol. The van der Waals surface area contributed by atoms with Crippen LogP contribution in [-0.4, -0.2) is 16.6 Å². The maximum atomic E-state index is 10.7. The van der Waals surface area contributed by atoms with Gasteiger partial charge in [0, 0.05) is 12.0 Å². The highest BCUT2D eigenvalue weighted by Crippen LogP contribution is 2.26. The van der Waals surface area contributed by atoms with Crippen LogP contribution in [0.5, 0.6) is 0 Å². The predicted octanol–water partition coefficient (Wildman–Crippen LogP) is 1.51. The maximum absolute atomic E-state index is 10.7. The van der Waals surface area contributed by atoms with Gasteiger partial charge in [-0.3, -0.25) is 10.1 Å². The first-order chi connectivity index (χ1) is 7.11. The molecule has 0 unspecified atom stereocenters. The summed E-state index contributed by atoms with van der Waals surface area (Å²) in [5.74, 6) is 2.90. The Bertz CT molecular complexity index is 420. The molecule has 0 aromatic heterocycles. The molecule has 0 saturated carbocycles. The molecule has 15 heavy (non-hydrogen) atoms. The van der Waals surface area contributed by atoms with Crippen molar-refractivity contribution in [1.82, 2.24) is 0 Å². The van der Waals surface area contributed by atoms with Gasteiger partial charge in [-0.25, -0.2) is 0 Å². The molecule has 1 aromatic carbocycles. The topological polar surface area (TPSA) is 63.4 Å². The zero-order valence-corrected chi connectivity index (χ0v) is 8.23. The summed E-state index contributed by atoms with van der Waals surface area (Å²) < 4.78 is 0. The summed E-state index contributed by atoms with van der Waals surface area (Å²) >= 11 is 0. The van der Waals surface area contributed by atoms with Crippen molar-refractivity contribution in [2.24, 2.45) is 0 Å². The standard InChI is InChI=1S/C11H10NO3/c1-3-9-10(8(2)7-13)5-4-6-11(9)12(14)15/h1,4-6,13H,7H2,2H3. The molecule has 1 radical (unpaired) electrons. The van der Waals surface area contributed by atoms with E-state index in [4.69, 9.17) is 11.5 Å². The molecule has 0 bridgehead atoms. The number of nitrogens with zero attached hydrogens (tertiary/aromatic N) is 1. The van der Waals surface area contributed by atoms with E-state index in [9.17, 15) is 10.1 Å². The third-order valence-corrected chi connectivity index (χ3v) is 2.08. The fraction of sp³-hybridized carbons (Fsp3) is 0.182. The fourth-order valence-corrected chi connectivity index (χ4v) is 1.28. The van der Waals surface area contributed by atoms with Crippen LogP contribution in [-0.2, 0) is 0 Å². The van der Waals surface area contributed by atoms with Crippen LogP contribution >= 0.6 is 0 Å². The summed E-state index contributed by atoms with van der Waals surface area (Å²) in [6.07, 6.45) is 5.23. The van der Waals surface area contributed by atoms with Crippen molar-refractivity contribution >= 4 is 5.69 Å². The lowest BCUT2D eigenvalue weighted by Crippen LogP contribution is -2.05. The molecule has 0 aliphatic rings. The molecule has 0 heterocycles. The van der Waals surface area contributed by atoms with E-state index in [1.54, 1.807) is 19.1 Å². The monoisotopic (exact) mass is 204 g/mol. The lowest BCUT2D eigenvalue weighted by Gasteiger charge is -2.09. The van der Waals surface area contributed by atoms with E-state index in [1.807, 2.05) is 0 Å². The third kappa shape index (κ3) is 2.14. The van der Waals surface area contributed by atoms with Crippen molar-refractivity contribution in [3.8, 4) is 12.3 Å². The number of aliphatic hydroxyl groups is 1. The summed E-state index contributed by atoms with van der Waals surface area (Å²) in [6.45, 7) is 1.51. The number of nitro groups is 1. The van der Waals surface area contributed by atoms with Crippen molar-refractivity contribution in [2.75, 3.05) is 6.61 Å². The van der Waals surface area contributed by atoms with Crippen molar-refractivity contribution in [3.63, 3.8) is 0 Å². The molecular formula is C11H10NO3. The highest BCUT2D eigenvalue weighted by molar-refractivity contribution is 5.58. The molecule has 4 nitrogen and oxygen atoms in total. The number of terminal acetylenes is 1. The summed E-state index contributed by atoms with van der Waals surface area (Å²) in [7, 11) is 0. The van der Waals surface area contributed by atoms with E-state index >= 15 is 0 Å². The Balaban J connectivity index is 3.36. The predicted molar refractivity (Wildman–Crippen MR) is 56.1 cm³/mol. The molecule has 1 rings (SSSR count). The van der Waals surface area contributed by atoms with Gasteiger partial charge < -0.3 is 5.11 Å². The molecule has 0 aliphatic carbocycles. The van der Waals surface area contributed by atoms with E-state index in [-0.39, 0.29) is 17.9 Å². The minimum absolute atomic E-state index is 0.109. The summed E-state index contributed by atoms with van der Waals surface area (Å²) in [6, 6.07) is 4.56. The van der Waals surface area contributed by atoms with Crippen molar-refractivity contribution in [3.05, 3.63) is 45.4 Å². The van der Waals surface area contributed by atoms with Gasteiger partial charge in [-0.2, -0.15) is 0 Å². The Hall–Kier alpha value is -1.86. The van der Waals surface area contributed by atoms with Crippen LogP contribution in [0.4, 0.5) is 5.69 Å². The molecule has 0 spiro atoms. The van der Waals surface area contributed by atoms with Crippen LogP contribution in [0.1, 0.15) is 18.1 Å². The Morgan fingerprint density at radius 1 is 1.67 bits per heavy atom. The SMILES string of the molecule is C#Cc1c([C](C)CO)cccc1[N+](=O)[O-]. The Kier molecular flexibility index (Phi) is 3.42. The Morgan fingerprint density at radius 3 is 2.80 bits per heavy atom. The fourth-order valence-electron chi connectivity index (χ4n) is 1.28. The molecule has 1 N–H and O–H groups in total. The average molecular weight is 204 g/mol. The lowest BCUT2D eigenvalue weighted by atomic mass is 9.95. The number of nitro benzene ring substituents is 1. The molecule has 4 heteroatoms. The van der Waals surface area contributed by atoms with Gasteiger partial charge in [-0.15, -0.1) is 6.42 Å². The highest BCUT2D eigenvalue weighted by atomic mass is 16.6. The summed E-state index contributed by atoms with van der Waals surface area (Å²) in [5.41, 5.74) is 0.658. The molecule has 1 aromatic rings. The average Bonchev–Trinajstić information content (AvgIpc) is 2.26. The minimum Gasteiger partial charge on any atom is -0.395 e. The zero-order valence-electron chi connectivity index (χ0n) is 8.23. The Labute approximate surface area is 87.7 Å². The van der Waals surface area contributed by atoms with Crippen LogP contribution < -0.4 is 0 Å². The van der Waals surface area contributed by atoms with Crippen molar-refractivity contribution in [2.45, 2.75) is 6.92 Å². The molecule has 0 amide bonds. The van der Waals surface area contributed by atoms with E-state index < -0.39 is 4.92 Å². The van der Waals surface area contributed by atoms with Gasteiger partial charge in [0.2, 0.25) is 0 Å². The van der Waals surface area contributed by atoms with Crippen LogP contribution in [0.3, 0.4) is 0 Å². The van der Waals surface area contributed by atoms with Gasteiger partial charge in [-0.1, -0.05) is 25.0 Å². The second kappa shape index (κ2) is 4.58. The number of aliphatic hydroxyl groups excluding tert-OH is 1. The van der Waals surface area contributed by atoms with Gasteiger partial charge in [0.15, 0.2) is 0 Å². The van der Waals surface area contributed by atoms with Crippen molar-refractivity contribution < 1.29 is 10.0 Å². The second-order valence-corrected chi connectivity index (χ2v) is 3.04.